The number of rotatable bonds is 5. The smallest absolute Gasteiger partial charge is 0.406 e. The molecule has 1 aliphatic rings. The first kappa shape index (κ1) is 20.7. The van der Waals surface area contributed by atoms with Crippen LogP contribution in [0.25, 0.3) is 0 Å². The van der Waals surface area contributed by atoms with Gasteiger partial charge in [-0.1, -0.05) is 6.07 Å². The van der Waals surface area contributed by atoms with E-state index in [9.17, 15) is 13.2 Å². The van der Waals surface area contributed by atoms with Gasteiger partial charge in [-0.3, -0.25) is 0 Å². The lowest BCUT2D eigenvalue weighted by Crippen LogP contribution is -2.45. The van der Waals surface area contributed by atoms with Gasteiger partial charge in [0.15, 0.2) is 5.96 Å². The molecule has 0 unspecified atom stereocenters. The van der Waals surface area contributed by atoms with E-state index in [1.54, 1.807) is 6.20 Å². The van der Waals surface area contributed by atoms with Crippen molar-refractivity contribution in [3.05, 3.63) is 48.2 Å². The second-order valence-electron chi connectivity index (χ2n) is 6.68. The Balaban J connectivity index is 1.61. The Morgan fingerprint density at radius 2 is 1.86 bits per heavy atom. The van der Waals surface area contributed by atoms with Crippen LogP contribution in [0.3, 0.4) is 0 Å². The SMILES string of the molecule is CN1CCN(c2ncccc2CN=C(N)Nc2ccc(OC(F)(F)F)cc2)CC1. The lowest BCUT2D eigenvalue weighted by molar-refractivity contribution is -0.274. The highest BCUT2D eigenvalue weighted by Crippen LogP contribution is 2.24. The fourth-order valence-corrected chi connectivity index (χ4v) is 2.95. The van der Waals surface area contributed by atoms with Crippen LogP contribution in [0.2, 0.25) is 0 Å². The fraction of sp³-hybridized carbons (Fsp3) is 0.368. The highest BCUT2D eigenvalue weighted by Gasteiger charge is 2.30. The largest absolute Gasteiger partial charge is 0.573 e. The molecule has 0 saturated carbocycles. The fourth-order valence-electron chi connectivity index (χ4n) is 2.95. The Bertz CT molecular complexity index is 833. The summed E-state index contributed by atoms with van der Waals surface area (Å²) in [6, 6.07) is 9.09. The van der Waals surface area contributed by atoms with Gasteiger partial charge in [0.25, 0.3) is 0 Å². The van der Waals surface area contributed by atoms with Crippen LogP contribution in [0.1, 0.15) is 5.56 Å². The molecule has 0 radical (unpaired) electrons. The number of halogens is 3. The highest BCUT2D eigenvalue weighted by atomic mass is 19.4. The number of benzene rings is 1. The monoisotopic (exact) mass is 408 g/mol. The second kappa shape index (κ2) is 8.99. The number of ether oxygens (including phenoxy) is 1. The van der Waals surface area contributed by atoms with Crippen LogP contribution in [-0.2, 0) is 6.54 Å². The van der Waals surface area contributed by atoms with Gasteiger partial charge in [-0.15, -0.1) is 13.2 Å². The van der Waals surface area contributed by atoms with Gasteiger partial charge in [0, 0.05) is 43.6 Å². The van der Waals surface area contributed by atoms with Crippen molar-refractivity contribution in [1.82, 2.24) is 9.88 Å². The zero-order valence-electron chi connectivity index (χ0n) is 16.0. The Kier molecular flexibility index (Phi) is 6.42. The molecule has 10 heteroatoms. The third-order valence-electron chi connectivity index (χ3n) is 4.45. The number of likely N-dealkylation sites (N-methyl/N-ethyl adjacent to an activating group) is 1. The molecule has 3 N–H and O–H groups in total. The standard InChI is InChI=1S/C19H23F3N6O/c1-27-9-11-28(12-10-27)17-14(3-2-8-24-17)13-25-18(23)26-15-4-6-16(7-5-15)29-19(20,21)22/h2-8H,9-13H2,1H3,(H3,23,25,26). The number of anilines is 2. The first-order valence-corrected chi connectivity index (χ1v) is 9.10. The van der Waals surface area contributed by atoms with Crippen LogP contribution in [0, 0.1) is 0 Å². The number of hydrogen-bond donors (Lipinski definition) is 2. The Hall–Kier alpha value is -3.01. The summed E-state index contributed by atoms with van der Waals surface area (Å²) in [4.78, 5) is 13.3. The molecular formula is C19H23F3N6O. The molecule has 1 saturated heterocycles. The van der Waals surface area contributed by atoms with Crippen molar-refractivity contribution in [2.45, 2.75) is 12.9 Å². The lowest BCUT2D eigenvalue weighted by atomic mass is 10.2. The van der Waals surface area contributed by atoms with Gasteiger partial charge < -0.3 is 25.6 Å². The molecule has 1 aliphatic heterocycles. The molecule has 1 fully saturated rings. The predicted molar refractivity (Wildman–Crippen MR) is 106 cm³/mol. The summed E-state index contributed by atoms with van der Waals surface area (Å²) in [7, 11) is 2.09. The molecule has 1 aromatic carbocycles. The van der Waals surface area contributed by atoms with Gasteiger partial charge >= 0.3 is 6.36 Å². The summed E-state index contributed by atoms with van der Waals surface area (Å²) in [6.45, 7) is 4.06. The topological polar surface area (TPSA) is 79.0 Å². The minimum Gasteiger partial charge on any atom is -0.406 e. The van der Waals surface area contributed by atoms with Crippen molar-refractivity contribution in [3.8, 4) is 5.75 Å². The van der Waals surface area contributed by atoms with Crippen LogP contribution in [0.15, 0.2) is 47.6 Å². The van der Waals surface area contributed by atoms with Gasteiger partial charge in [-0.05, 0) is 37.4 Å². The van der Waals surface area contributed by atoms with E-state index in [1.807, 2.05) is 12.1 Å². The van der Waals surface area contributed by atoms with E-state index in [-0.39, 0.29) is 11.7 Å². The number of hydrogen-bond acceptors (Lipinski definition) is 5. The first-order valence-electron chi connectivity index (χ1n) is 9.10. The summed E-state index contributed by atoms with van der Waals surface area (Å²) in [5.74, 6) is 0.749. The molecule has 1 aromatic heterocycles. The van der Waals surface area contributed by atoms with Crippen molar-refractivity contribution >= 4 is 17.5 Å². The molecular weight excluding hydrogens is 385 g/mol. The minimum absolute atomic E-state index is 0.155. The van der Waals surface area contributed by atoms with Gasteiger partial charge in [0.05, 0.1) is 6.54 Å². The zero-order chi connectivity index (χ0) is 20.9. The van der Waals surface area contributed by atoms with Gasteiger partial charge in [0.1, 0.15) is 11.6 Å². The number of piperazine rings is 1. The summed E-state index contributed by atoms with van der Waals surface area (Å²) in [5.41, 5.74) is 7.39. The van der Waals surface area contributed by atoms with Crippen molar-refractivity contribution in [1.29, 1.82) is 0 Å². The Morgan fingerprint density at radius 1 is 1.17 bits per heavy atom. The number of alkyl halides is 3. The molecule has 2 heterocycles. The normalized spacial score (nSPS) is 16.0. The highest BCUT2D eigenvalue weighted by molar-refractivity contribution is 5.92. The number of aromatic nitrogens is 1. The van der Waals surface area contributed by atoms with E-state index in [0.717, 1.165) is 37.6 Å². The average Bonchev–Trinajstić information content (AvgIpc) is 2.68. The molecule has 29 heavy (non-hydrogen) atoms. The van der Waals surface area contributed by atoms with Crippen LogP contribution in [0.4, 0.5) is 24.7 Å². The Morgan fingerprint density at radius 3 is 2.52 bits per heavy atom. The van der Waals surface area contributed by atoms with E-state index < -0.39 is 6.36 Å². The van der Waals surface area contributed by atoms with Crippen molar-refractivity contribution in [2.75, 3.05) is 43.4 Å². The molecule has 3 rings (SSSR count). The van der Waals surface area contributed by atoms with Crippen LogP contribution >= 0.6 is 0 Å². The zero-order valence-corrected chi connectivity index (χ0v) is 16.0. The van der Waals surface area contributed by atoms with Crippen molar-refractivity contribution in [3.63, 3.8) is 0 Å². The van der Waals surface area contributed by atoms with E-state index >= 15 is 0 Å². The van der Waals surface area contributed by atoms with Crippen molar-refractivity contribution in [2.24, 2.45) is 10.7 Å². The molecule has 2 aromatic rings. The minimum atomic E-state index is -4.72. The van der Waals surface area contributed by atoms with Crippen LogP contribution in [0.5, 0.6) is 5.75 Å². The molecule has 0 spiro atoms. The average molecular weight is 408 g/mol. The molecule has 0 atom stereocenters. The third kappa shape index (κ3) is 6.24. The number of guanidine groups is 1. The van der Waals surface area contributed by atoms with E-state index in [2.05, 4.69) is 36.9 Å². The number of pyridine rings is 1. The molecule has 0 bridgehead atoms. The number of nitrogens with zero attached hydrogens (tertiary/aromatic N) is 4. The maximum Gasteiger partial charge on any atom is 0.573 e. The van der Waals surface area contributed by atoms with Gasteiger partial charge in [0.2, 0.25) is 0 Å². The van der Waals surface area contributed by atoms with Crippen molar-refractivity contribution < 1.29 is 17.9 Å². The van der Waals surface area contributed by atoms with E-state index in [0.29, 0.717) is 12.2 Å². The summed E-state index contributed by atoms with van der Waals surface area (Å²) < 4.78 is 40.5. The molecule has 0 amide bonds. The lowest BCUT2D eigenvalue weighted by Gasteiger charge is -2.34. The molecule has 0 aliphatic carbocycles. The van der Waals surface area contributed by atoms with E-state index in [4.69, 9.17) is 5.73 Å². The summed E-state index contributed by atoms with van der Waals surface area (Å²) >= 11 is 0. The number of aliphatic imine (C=N–C) groups is 1. The quantitative estimate of drug-likeness (QED) is 0.585. The van der Waals surface area contributed by atoms with Gasteiger partial charge in [-0.2, -0.15) is 0 Å². The third-order valence-corrected chi connectivity index (χ3v) is 4.45. The summed E-state index contributed by atoms with van der Waals surface area (Å²) in [5, 5.41) is 2.86. The first-order chi connectivity index (χ1) is 13.8. The number of nitrogens with two attached hydrogens (primary N) is 1. The van der Waals surface area contributed by atoms with Crippen LogP contribution in [-0.4, -0.2) is 55.4 Å². The van der Waals surface area contributed by atoms with Gasteiger partial charge in [-0.25, -0.2) is 9.98 Å². The van der Waals surface area contributed by atoms with E-state index in [1.165, 1.54) is 24.3 Å². The summed E-state index contributed by atoms with van der Waals surface area (Å²) in [6.07, 6.45) is -2.96. The predicted octanol–water partition coefficient (Wildman–Crippen LogP) is 2.66. The maximum atomic E-state index is 12.2. The molecule has 156 valence electrons. The number of nitrogens with one attached hydrogen (secondary N) is 1. The second-order valence-corrected chi connectivity index (χ2v) is 6.68. The van der Waals surface area contributed by atoms with Crippen LogP contribution < -0.4 is 20.7 Å². The molecule has 7 nitrogen and oxygen atoms in total. The Labute approximate surface area is 167 Å². The maximum absolute atomic E-state index is 12.2.